The fourth-order valence-corrected chi connectivity index (χ4v) is 3.39. The van der Waals surface area contributed by atoms with Gasteiger partial charge in [0.15, 0.2) is 10.3 Å². The number of hydrogen-bond acceptors (Lipinski definition) is 7. The molecule has 3 rings (SSSR count). The molecule has 0 bridgehead atoms. The van der Waals surface area contributed by atoms with Crippen molar-refractivity contribution >= 4 is 34.9 Å². The van der Waals surface area contributed by atoms with Crippen LogP contribution in [0.5, 0.6) is 0 Å². The van der Waals surface area contributed by atoms with Gasteiger partial charge >= 0.3 is 6.15 Å². The number of carbonyl (C=O) groups excluding carboxylic acids is 2. The second kappa shape index (κ2) is 7.98. The zero-order valence-electron chi connectivity index (χ0n) is 12.1. The Morgan fingerprint density at radius 3 is 2.50 bits per heavy atom. The Morgan fingerprint density at radius 2 is 1.91 bits per heavy atom. The van der Waals surface area contributed by atoms with E-state index in [9.17, 15) is 0 Å². The van der Waals surface area contributed by atoms with E-state index in [4.69, 9.17) is 21.2 Å². The number of aromatic nitrogens is 3. The molecule has 0 amide bonds. The topological polar surface area (TPSA) is 76.1 Å². The third kappa shape index (κ3) is 4.10. The summed E-state index contributed by atoms with van der Waals surface area (Å²) in [5.41, 5.74) is 0.800. The standard InChI is InChI=1S/C13H15ClN4S.CO2/c1-9-11(17-13(14)19-9)12-15-6-5-10(16-12)18-7-3-2-4-8-18;2-1-3/h5-6H,2-4,7-8H2,1H3;. The summed E-state index contributed by atoms with van der Waals surface area (Å²) in [6.07, 6.45) is 5.84. The van der Waals surface area contributed by atoms with Gasteiger partial charge in [0.1, 0.15) is 11.5 Å². The minimum absolute atomic E-state index is 0.250. The monoisotopic (exact) mass is 338 g/mol. The van der Waals surface area contributed by atoms with Crippen molar-refractivity contribution < 1.29 is 9.59 Å². The lowest BCUT2D eigenvalue weighted by atomic mass is 10.1. The Kier molecular flexibility index (Phi) is 6.00. The molecule has 6 nitrogen and oxygen atoms in total. The highest BCUT2D eigenvalue weighted by atomic mass is 35.5. The van der Waals surface area contributed by atoms with E-state index in [1.165, 1.54) is 30.6 Å². The lowest BCUT2D eigenvalue weighted by molar-refractivity contribution is -0.191. The summed E-state index contributed by atoms with van der Waals surface area (Å²) in [5, 5.41) is 0. The summed E-state index contributed by atoms with van der Waals surface area (Å²) in [7, 11) is 0. The minimum Gasteiger partial charge on any atom is -0.357 e. The minimum atomic E-state index is 0.250. The maximum Gasteiger partial charge on any atom is 0.373 e. The van der Waals surface area contributed by atoms with Gasteiger partial charge in [0, 0.05) is 24.2 Å². The molecular weight excluding hydrogens is 324 g/mol. The van der Waals surface area contributed by atoms with E-state index < -0.39 is 0 Å². The van der Waals surface area contributed by atoms with Crippen molar-refractivity contribution in [1.29, 1.82) is 0 Å². The van der Waals surface area contributed by atoms with Gasteiger partial charge < -0.3 is 4.90 Å². The van der Waals surface area contributed by atoms with Crippen LogP contribution in [0.4, 0.5) is 5.82 Å². The van der Waals surface area contributed by atoms with Gasteiger partial charge in [-0.1, -0.05) is 11.6 Å². The zero-order chi connectivity index (χ0) is 15.9. The molecule has 0 spiro atoms. The Morgan fingerprint density at radius 1 is 1.23 bits per heavy atom. The molecule has 2 aromatic rings. The predicted molar refractivity (Wildman–Crippen MR) is 84.0 cm³/mol. The first-order chi connectivity index (χ1) is 10.7. The first kappa shape index (κ1) is 16.5. The van der Waals surface area contributed by atoms with Crippen molar-refractivity contribution in [2.75, 3.05) is 18.0 Å². The summed E-state index contributed by atoms with van der Waals surface area (Å²) < 4.78 is 0.541. The molecule has 2 aromatic heterocycles. The molecule has 8 heteroatoms. The molecule has 1 fully saturated rings. The normalized spacial score (nSPS) is 14.0. The van der Waals surface area contributed by atoms with Crippen LogP contribution < -0.4 is 4.90 Å². The molecular formula is C14H15ClN4O2S. The molecule has 116 valence electrons. The first-order valence-corrected chi connectivity index (χ1v) is 8.05. The largest absolute Gasteiger partial charge is 0.373 e. The molecule has 0 N–H and O–H groups in total. The Bertz CT molecular complexity index is 665. The first-order valence-electron chi connectivity index (χ1n) is 6.86. The van der Waals surface area contributed by atoms with Crippen LogP contribution in [0.15, 0.2) is 12.3 Å². The number of aryl methyl sites for hydroxylation is 1. The number of anilines is 1. The number of halogens is 1. The summed E-state index contributed by atoms with van der Waals surface area (Å²) >= 11 is 7.41. The van der Waals surface area contributed by atoms with E-state index in [2.05, 4.69) is 19.9 Å². The molecule has 0 saturated carbocycles. The van der Waals surface area contributed by atoms with E-state index in [0.29, 0.717) is 10.3 Å². The van der Waals surface area contributed by atoms with Gasteiger partial charge in [0.2, 0.25) is 0 Å². The third-order valence-electron chi connectivity index (χ3n) is 3.30. The molecule has 1 aliphatic heterocycles. The van der Waals surface area contributed by atoms with Gasteiger partial charge in [-0.2, -0.15) is 9.59 Å². The average Bonchev–Trinajstić information content (AvgIpc) is 2.88. The van der Waals surface area contributed by atoms with Gasteiger partial charge in [-0.25, -0.2) is 15.0 Å². The lowest BCUT2D eigenvalue weighted by Gasteiger charge is -2.27. The molecule has 0 aromatic carbocycles. The number of thiazole rings is 1. The molecule has 0 aliphatic carbocycles. The molecule has 0 radical (unpaired) electrons. The molecule has 1 saturated heterocycles. The maximum absolute atomic E-state index is 8.12. The van der Waals surface area contributed by atoms with E-state index in [1.807, 2.05) is 13.0 Å². The lowest BCUT2D eigenvalue weighted by Crippen LogP contribution is -2.30. The smallest absolute Gasteiger partial charge is 0.357 e. The van der Waals surface area contributed by atoms with Crippen LogP contribution in [0.2, 0.25) is 4.47 Å². The maximum atomic E-state index is 8.12. The van der Waals surface area contributed by atoms with Gasteiger partial charge in [-0.05, 0) is 32.3 Å². The second-order valence-electron chi connectivity index (χ2n) is 4.74. The van der Waals surface area contributed by atoms with E-state index in [0.717, 1.165) is 29.5 Å². The summed E-state index contributed by atoms with van der Waals surface area (Å²) in [6.45, 7) is 4.15. The fourth-order valence-electron chi connectivity index (χ4n) is 2.33. The van der Waals surface area contributed by atoms with E-state index >= 15 is 0 Å². The van der Waals surface area contributed by atoms with Crippen molar-refractivity contribution in [1.82, 2.24) is 15.0 Å². The van der Waals surface area contributed by atoms with E-state index in [1.54, 1.807) is 6.20 Å². The summed E-state index contributed by atoms with van der Waals surface area (Å²) in [6, 6.07) is 1.97. The van der Waals surface area contributed by atoms with Crippen LogP contribution in [0.1, 0.15) is 24.1 Å². The number of nitrogens with zero attached hydrogens (tertiary/aromatic N) is 4. The van der Waals surface area contributed by atoms with Crippen LogP contribution in [0.3, 0.4) is 0 Å². The molecule has 22 heavy (non-hydrogen) atoms. The summed E-state index contributed by atoms with van der Waals surface area (Å²) in [4.78, 5) is 32.9. The number of hydrogen-bond donors (Lipinski definition) is 0. The molecule has 3 heterocycles. The fraction of sp³-hybridized carbons (Fsp3) is 0.429. The highest BCUT2D eigenvalue weighted by Crippen LogP contribution is 2.29. The third-order valence-corrected chi connectivity index (χ3v) is 4.38. The van der Waals surface area contributed by atoms with E-state index in [-0.39, 0.29) is 6.15 Å². The molecule has 1 aliphatic rings. The highest BCUT2D eigenvalue weighted by Gasteiger charge is 2.15. The molecule has 0 atom stereocenters. The number of rotatable bonds is 2. The SMILES string of the molecule is Cc1sc(Cl)nc1-c1nccc(N2CCCCC2)n1.O=C=O. The highest BCUT2D eigenvalue weighted by molar-refractivity contribution is 7.16. The predicted octanol–water partition coefficient (Wildman–Crippen LogP) is 2.97. The van der Waals surface area contributed by atoms with Crippen LogP contribution in [-0.2, 0) is 9.59 Å². The van der Waals surface area contributed by atoms with Crippen LogP contribution in [0, 0.1) is 6.92 Å². The summed E-state index contributed by atoms with van der Waals surface area (Å²) in [5.74, 6) is 1.66. The van der Waals surface area contributed by atoms with Crippen LogP contribution in [-0.4, -0.2) is 34.2 Å². The Hall–Kier alpha value is -1.82. The van der Waals surface area contributed by atoms with Crippen LogP contribution in [0.25, 0.3) is 11.5 Å². The quantitative estimate of drug-likeness (QED) is 0.837. The van der Waals surface area contributed by atoms with Crippen molar-refractivity contribution in [2.24, 2.45) is 0 Å². The van der Waals surface area contributed by atoms with Crippen LogP contribution >= 0.6 is 22.9 Å². The van der Waals surface area contributed by atoms with Crippen molar-refractivity contribution in [3.63, 3.8) is 0 Å². The van der Waals surface area contributed by atoms with Crippen molar-refractivity contribution in [2.45, 2.75) is 26.2 Å². The molecule has 0 unspecified atom stereocenters. The Labute approximate surface area is 137 Å². The second-order valence-corrected chi connectivity index (χ2v) is 6.53. The van der Waals surface area contributed by atoms with Gasteiger partial charge in [-0.3, -0.25) is 0 Å². The Balaban J connectivity index is 0.000000545. The van der Waals surface area contributed by atoms with Crippen molar-refractivity contribution in [3.05, 3.63) is 21.6 Å². The van der Waals surface area contributed by atoms with Gasteiger partial charge in [0.05, 0.1) is 0 Å². The average molecular weight is 339 g/mol. The van der Waals surface area contributed by atoms with Crippen molar-refractivity contribution in [3.8, 4) is 11.5 Å². The van der Waals surface area contributed by atoms with Gasteiger partial charge in [-0.15, -0.1) is 11.3 Å². The van der Waals surface area contributed by atoms with Gasteiger partial charge in [0.25, 0.3) is 0 Å². The zero-order valence-corrected chi connectivity index (χ0v) is 13.7. The number of piperidine rings is 1.